The van der Waals surface area contributed by atoms with E-state index in [0.717, 1.165) is 16.1 Å². The van der Waals surface area contributed by atoms with Crippen molar-refractivity contribution in [1.29, 1.82) is 0 Å². The molecule has 0 unspecified atom stereocenters. The number of carbonyl (C=O) groups is 2. The van der Waals surface area contributed by atoms with Crippen molar-refractivity contribution in [2.75, 3.05) is 6.61 Å². The molecule has 0 radical (unpaired) electrons. The molecule has 0 atom stereocenters. The van der Waals surface area contributed by atoms with Crippen LogP contribution in [0.1, 0.15) is 33.3 Å². The van der Waals surface area contributed by atoms with Crippen LogP contribution in [0.2, 0.25) is 0 Å². The summed E-state index contributed by atoms with van der Waals surface area (Å²) in [5.74, 6) is -0.200. The summed E-state index contributed by atoms with van der Waals surface area (Å²) >= 11 is 1.38. The Morgan fingerprint density at radius 2 is 1.67 bits per heavy atom. The second-order valence-electron chi connectivity index (χ2n) is 5.77. The molecule has 0 spiro atoms. The summed E-state index contributed by atoms with van der Waals surface area (Å²) in [6, 6.07) is 14.6. The van der Waals surface area contributed by atoms with Crippen LogP contribution in [0.4, 0.5) is 0 Å². The average Bonchev–Trinajstić information content (AvgIpc) is 3.17. The van der Waals surface area contributed by atoms with Crippen molar-refractivity contribution in [2.24, 2.45) is 0 Å². The van der Waals surface area contributed by atoms with Gasteiger partial charge in [-0.25, -0.2) is 4.98 Å². The first-order valence-corrected chi connectivity index (χ1v) is 9.31. The van der Waals surface area contributed by atoms with Crippen LogP contribution in [0, 0.1) is 6.92 Å². The zero-order valence-corrected chi connectivity index (χ0v) is 15.8. The Balaban J connectivity index is 1.59. The van der Waals surface area contributed by atoms with Gasteiger partial charge in [0.05, 0.1) is 6.61 Å². The van der Waals surface area contributed by atoms with E-state index in [4.69, 9.17) is 4.74 Å². The molecule has 1 aromatic heterocycles. The van der Waals surface area contributed by atoms with Crippen LogP contribution >= 0.6 is 11.3 Å². The molecule has 1 heterocycles. The lowest BCUT2D eigenvalue weighted by molar-refractivity contribution is 0.0844. The number of hydrogen-bond acceptors (Lipinski definition) is 5. The number of hydrogen-bond donors (Lipinski definition) is 2. The first-order valence-electron chi connectivity index (χ1n) is 8.43. The van der Waals surface area contributed by atoms with Crippen molar-refractivity contribution in [2.45, 2.75) is 13.8 Å². The van der Waals surface area contributed by atoms with Crippen molar-refractivity contribution in [1.82, 2.24) is 15.8 Å². The number of rotatable bonds is 5. The van der Waals surface area contributed by atoms with Crippen LogP contribution in [0.3, 0.4) is 0 Å². The molecule has 3 aromatic rings. The largest absolute Gasteiger partial charge is 0.494 e. The third kappa shape index (κ3) is 4.71. The lowest BCUT2D eigenvalue weighted by atomic mass is 10.2. The first kappa shape index (κ1) is 18.6. The van der Waals surface area contributed by atoms with Gasteiger partial charge in [-0.1, -0.05) is 29.8 Å². The maximum Gasteiger partial charge on any atom is 0.289 e. The monoisotopic (exact) mass is 381 g/mol. The highest BCUT2D eigenvalue weighted by Gasteiger charge is 2.13. The van der Waals surface area contributed by atoms with E-state index in [9.17, 15) is 9.59 Å². The number of amides is 2. The van der Waals surface area contributed by atoms with Crippen molar-refractivity contribution in [3.05, 3.63) is 70.7 Å². The molecule has 2 aromatic carbocycles. The van der Waals surface area contributed by atoms with Crippen LogP contribution in [0.5, 0.6) is 5.75 Å². The highest BCUT2D eigenvalue weighted by molar-refractivity contribution is 7.13. The fourth-order valence-electron chi connectivity index (χ4n) is 2.33. The molecule has 0 saturated heterocycles. The van der Waals surface area contributed by atoms with Gasteiger partial charge >= 0.3 is 0 Å². The summed E-state index contributed by atoms with van der Waals surface area (Å²) in [4.78, 5) is 28.7. The summed E-state index contributed by atoms with van der Waals surface area (Å²) in [5, 5.41) is 2.41. The molecule has 2 N–H and O–H groups in total. The smallest absolute Gasteiger partial charge is 0.289 e. The lowest BCUT2D eigenvalue weighted by Crippen LogP contribution is -2.41. The van der Waals surface area contributed by atoms with Gasteiger partial charge in [0.15, 0.2) is 0 Å². The summed E-state index contributed by atoms with van der Waals surface area (Å²) in [5.41, 5.74) is 7.55. The third-order valence-electron chi connectivity index (χ3n) is 3.75. The minimum Gasteiger partial charge on any atom is -0.494 e. The van der Waals surface area contributed by atoms with E-state index in [0.29, 0.717) is 17.9 Å². The Labute approximate surface area is 161 Å². The van der Waals surface area contributed by atoms with Crippen LogP contribution in [-0.2, 0) is 0 Å². The van der Waals surface area contributed by atoms with Crippen LogP contribution in [0.25, 0.3) is 10.6 Å². The van der Waals surface area contributed by atoms with Gasteiger partial charge in [-0.05, 0) is 38.1 Å². The second-order valence-corrected chi connectivity index (χ2v) is 6.63. The maximum absolute atomic E-state index is 12.2. The summed E-state index contributed by atoms with van der Waals surface area (Å²) in [7, 11) is 0. The molecule has 3 rings (SSSR count). The van der Waals surface area contributed by atoms with E-state index in [1.807, 2.05) is 38.1 Å². The van der Waals surface area contributed by atoms with E-state index >= 15 is 0 Å². The lowest BCUT2D eigenvalue weighted by Gasteiger charge is -2.07. The molecule has 0 fully saturated rings. The molecule has 27 heavy (non-hydrogen) atoms. The molecule has 0 saturated carbocycles. The van der Waals surface area contributed by atoms with Crippen molar-refractivity contribution >= 4 is 23.2 Å². The minimum atomic E-state index is -0.469. The number of nitrogens with zero attached hydrogens (tertiary/aromatic N) is 1. The fourth-order valence-corrected chi connectivity index (χ4v) is 3.13. The third-order valence-corrected chi connectivity index (χ3v) is 4.64. The van der Waals surface area contributed by atoms with Gasteiger partial charge in [0.2, 0.25) is 0 Å². The zero-order valence-electron chi connectivity index (χ0n) is 15.0. The average molecular weight is 381 g/mol. The number of nitrogens with one attached hydrogen (secondary N) is 2. The molecular weight excluding hydrogens is 362 g/mol. The molecule has 138 valence electrons. The minimum absolute atomic E-state index is 0.252. The molecule has 6 nitrogen and oxygen atoms in total. The number of aromatic nitrogens is 1. The Morgan fingerprint density at radius 1 is 1.00 bits per heavy atom. The molecule has 2 amide bonds. The van der Waals surface area contributed by atoms with E-state index < -0.39 is 11.8 Å². The zero-order chi connectivity index (χ0) is 19.2. The van der Waals surface area contributed by atoms with Crippen molar-refractivity contribution in [3.8, 4) is 16.3 Å². The van der Waals surface area contributed by atoms with Gasteiger partial charge in [-0.2, -0.15) is 0 Å². The number of thiazole rings is 1. The molecular formula is C20H19N3O3S. The summed E-state index contributed by atoms with van der Waals surface area (Å²) in [6.45, 7) is 4.45. The Bertz CT molecular complexity index is 934. The Kier molecular flexibility index (Phi) is 5.83. The number of aryl methyl sites for hydroxylation is 1. The molecule has 0 aliphatic carbocycles. The predicted molar refractivity (Wildman–Crippen MR) is 105 cm³/mol. The van der Waals surface area contributed by atoms with Gasteiger partial charge in [0.25, 0.3) is 11.8 Å². The van der Waals surface area contributed by atoms with E-state index in [-0.39, 0.29) is 5.69 Å². The number of hydrazine groups is 1. The van der Waals surface area contributed by atoms with E-state index in [2.05, 4.69) is 15.8 Å². The van der Waals surface area contributed by atoms with Crippen LogP contribution in [-0.4, -0.2) is 23.4 Å². The normalized spacial score (nSPS) is 10.3. The summed E-state index contributed by atoms with van der Waals surface area (Å²) < 4.78 is 5.33. The maximum atomic E-state index is 12.2. The summed E-state index contributed by atoms with van der Waals surface area (Å²) in [6.07, 6.45) is 0. The quantitative estimate of drug-likeness (QED) is 0.662. The molecule has 0 aliphatic rings. The second kappa shape index (κ2) is 8.46. The van der Waals surface area contributed by atoms with Crippen molar-refractivity contribution < 1.29 is 14.3 Å². The van der Waals surface area contributed by atoms with E-state index in [1.54, 1.807) is 29.6 Å². The van der Waals surface area contributed by atoms with Crippen LogP contribution in [0.15, 0.2) is 53.9 Å². The Hall–Kier alpha value is -3.19. The Morgan fingerprint density at radius 3 is 2.33 bits per heavy atom. The van der Waals surface area contributed by atoms with Gasteiger partial charge in [0, 0.05) is 16.5 Å². The van der Waals surface area contributed by atoms with E-state index in [1.165, 1.54) is 11.3 Å². The predicted octanol–water partition coefficient (Wildman–Crippen LogP) is 3.59. The number of ether oxygens (including phenoxy) is 1. The van der Waals surface area contributed by atoms with Gasteiger partial charge in [-0.3, -0.25) is 20.4 Å². The van der Waals surface area contributed by atoms with Gasteiger partial charge in [-0.15, -0.1) is 11.3 Å². The first-order chi connectivity index (χ1) is 13.1. The highest BCUT2D eigenvalue weighted by Crippen LogP contribution is 2.23. The SMILES string of the molecule is CCOc1ccc(C(=O)NNC(=O)c2csc(-c3ccc(C)cc3)n2)cc1. The number of carbonyl (C=O) groups excluding carboxylic acids is 2. The van der Waals surface area contributed by atoms with Gasteiger partial charge < -0.3 is 4.74 Å². The fraction of sp³-hybridized carbons (Fsp3) is 0.150. The standard InChI is InChI=1S/C20H19N3O3S/c1-3-26-16-10-8-14(9-11-16)18(24)22-23-19(25)17-12-27-20(21-17)15-6-4-13(2)5-7-15/h4-12H,3H2,1-2H3,(H,22,24)(H,23,25). The highest BCUT2D eigenvalue weighted by atomic mass is 32.1. The molecule has 0 aliphatic heterocycles. The van der Waals surface area contributed by atoms with Crippen molar-refractivity contribution in [3.63, 3.8) is 0 Å². The number of benzene rings is 2. The van der Waals surface area contributed by atoms with Gasteiger partial charge in [0.1, 0.15) is 16.5 Å². The molecule has 0 bridgehead atoms. The molecule has 7 heteroatoms. The topological polar surface area (TPSA) is 80.3 Å². The van der Waals surface area contributed by atoms with Crippen LogP contribution < -0.4 is 15.6 Å².